The van der Waals surface area contributed by atoms with Crippen molar-refractivity contribution in [2.24, 2.45) is 5.92 Å². The van der Waals surface area contributed by atoms with Gasteiger partial charge in [0.05, 0.1) is 13.1 Å². The first kappa shape index (κ1) is 16.4. The summed E-state index contributed by atoms with van der Waals surface area (Å²) >= 11 is 0. The molecule has 2 amide bonds. The third-order valence-corrected chi connectivity index (χ3v) is 3.15. The zero-order valence-corrected chi connectivity index (χ0v) is 12.2. The van der Waals surface area contributed by atoms with Gasteiger partial charge in [-0.15, -0.1) is 0 Å². The molecule has 0 aromatic heterocycles. The molecule has 1 aliphatic rings. The number of carbonyl (C=O) groups excluding carboxylic acids is 2. The van der Waals surface area contributed by atoms with Crippen molar-refractivity contribution in [3.05, 3.63) is 0 Å². The first-order valence-corrected chi connectivity index (χ1v) is 6.80. The SMILES string of the molecule is CC(C)C(NCC(=O)N(C)CC(=O)NC1CC1)C(=O)O. The van der Waals surface area contributed by atoms with Crippen LogP contribution < -0.4 is 10.6 Å². The molecule has 114 valence electrons. The van der Waals surface area contributed by atoms with Crippen molar-refractivity contribution in [3.63, 3.8) is 0 Å². The van der Waals surface area contributed by atoms with E-state index in [0.29, 0.717) is 0 Å². The van der Waals surface area contributed by atoms with E-state index in [9.17, 15) is 14.4 Å². The molecule has 7 heteroatoms. The Labute approximate surface area is 118 Å². The number of amides is 2. The zero-order chi connectivity index (χ0) is 15.3. The number of nitrogens with one attached hydrogen (secondary N) is 2. The van der Waals surface area contributed by atoms with E-state index < -0.39 is 12.0 Å². The predicted molar refractivity (Wildman–Crippen MR) is 73.1 cm³/mol. The van der Waals surface area contributed by atoms with Crippen molar-refractivity contribution in [2.75, 3.05) is 20.1 Å². The Morgan fingerprint density at radius 1 is 1.30 bits per heavy atom. The normalized spacial score (nSPS) is 15.8. The van der Waals surface area contributed by atoms with Crippen molar-refractivity contribution < 1.29 is 19.5 Å². The van der Waals surface area contributed by atoms with E-state index in [2.05, 4.69) is 10.6 Å². The topological polar surface area (TPSA) is 98.7 Å². The second-order valence-electron chi connectivity index (χ2n) is 5.53. The Morgan fingerprint density at radius 2 is 1.90 bits per heavy atom. The van der Waals surface area contributed by atoms with Crippen LogP contribution in [0.15, 0.2) is 0 Å². The van der Waals surface area contributed by atoms with Crippen LogP contribution in [0.4, 0.5) is 0 Å². The van der Waals surface area contributed by atoms with Gasteiger partial charge in [0.25, 0.3) is 0 Å². The molecule has 0 heterocycles. The van der Waals surface area contributed by atoms with Crippen LogP contribution in [-0.2, 0) is 14.4 Å². The van der Waals surface area contributed by atoms with Gasteiger partial charge in [-0.2, -0.15) is 0 Å². The number of hydrogen-bond donors (Lipinski definition) is 3. The molecule has 0 spiro atoms. The van der Waals surface area contributed by atoms with Crippen LogP contribution in [0.2, 0.25) is 0 Å². The lowest BCUT2D eigenvalue weighted by Gasteiger charge is -2.21. The number of carboxylic acids is 1. The van der Waals surface area contributed by atoms with Gasteiger partial charge in [-0.3, -0.25) is 19.7 Å². The lowest BCUT2D eigenvalue weighted by atomic mass is 10.1. The predicted octanol–water partition coefficient (Wildman–Crippen LogP) is -0.578. The molecule has 1 atom stereocenters. The van der Waals surface area contributed by atoms with Gasteiger partial charge in [-0.25, -0.2) is 0 Å². The van der Waals surface area contributed by atoms with Gasteiger partial charge >= 0.3 is 5.97 Å². The van der Waals surface area contributed by atoms with Gasteiger partial charge in [0, 0.05) is 13.1 Å². The van der Waals surface area contributed by atoms with E-state index in [0.717, 1.165) is 12.8 Å². The summed E-state index contributed by atoms with van der Waals surface area (Å²) < 4.78 is 0. The number of carbonyl (C=O) groups is 3. The van der Waals surface area contributed by atoms with Crippen LogP contribution >= 0.6 is 0 Å². The van der Waals surface area contributed by atoms with Crippen molar-refractivity contribution in [1.29, 1.82) is 0 Å². The van der Waals surface area contributed by atoms with E-state index in [1.54, 1.807) is 13.8 Å². The molecule has 3 N–H and O–H groups in total. The smallest absolute Gasteiger partial charge is 0.320 e. The van der Waals surface area contributed by atoms with E-state index in [4.69, 9.17) is 5.11 Å². The number of nitrogens with zero attached hydrogens (tertiary/aromatic N) is 1. The summed E-state index contributed by atoms with van der Waals surface area (Å²) in [5, 5.41) is 14.5. The number of likely N-dealkylation sites (N-methyl/N-ethyl adjacent to an activating group) is 1. The Balaban J connectivity index is 2.32. The van der Waals surface area contributed by atoms with Crippen LogP contribution in [0.1, 0.15) is 26.7 Å². The molecule has 20 heavy (non-hydrogen) atoms. The molecule has 1 unspecified atom stereocenters. The maximum Gasteiger partial charge on any atom is 0.320 e. The zero-order valence-electron chi connectivity index (χ0n) is 12.2. The third kappa shape index (κ3) is 5.56. The largest absolute Gasteiger partial charge is 0.480 e. The molecule has 1 fully saturated rings. The molecule has 1 aliphatic carbocycles. The van der Waals surface area contributed by atoms with Gasteiger partial charge in [0.1, 0.15) is 6.04 Å². The molecular formula is C13H23N3O4. The third-order valence-electron chi connectivity index (χ3n) is 3.15. The number of rotatable bonds is 8. The Hall–Kier alpha value is -1.63. The first-order valence-electron chi connectivity index (χ1n) is 6.80. The van der Waals surface area contributed by atoms with Crippen LogP contribution in [0.5, 0.6) is 0 Å². The molecule has 0 radical (unpaired) electrons. The van der Waals surface area contributed by atoms with Crippen LogP contribution in [0, 0.1) is 5.92 Å². The minimum atomic E-state index is -0.984. The van der Waals surface area contributed by atoms with Crippen LogP contribution in [0.25, 0.3) is 0 Å². The van der Waals surface area contributed by atoms with Crippen LogP contribution in [-0.4, -0.2) is 60.0 Å². The van der Waals surface area contributed by atoms with Crippen molar-refractivity contribution >= 4 is 17.8 Å². The van der Waals surface area contributed by atoms with Gasteiger partial charge in [0.2, 0.25) is 11.8 Å². The molecule has 1 rings (SSSR count). The Kier molecular flexibility index (Phi) is 5.94. The van der Waals surface area contributed by atoms with Crippen molar-refractivity contribution in [1.82, 2.24) is 15.5 Å². The maximum absolute atomic E-state index is 11.8. The molecule has 0 aliphatic heterocycles. The molecule has 7 nitrogen and oxygen atoms in total. The average molecular weight is 285 g/mol. The number of aliphatic carboxylic acids is 1. The molecule has 0 bridgehead atoms. The summed E-state index contributed by atoms with van der Waals surface area (Å²) in [5.74, 6) is -1.59. The van der Waals surface area contributed by atoms with E-state index in [-0.39, 0.29) is 36.9 Å². The maximum atomic E-state index is 11.8. The van der Waals surface area contributed by atoms with Gasteiger partial charge < -0.3 is 15.3 Å². The molecule has 0 aromatic rings. The summed E-state index contributed by atoms with van der Waals surface area (Å²) in [6.07, 6.45) is 2.00. The monoisotopic (exact) mass is 285 g/mol. The molecule has 1 saturated carbocycles. The Bertz CT molecular complexity index is 380. The van der Waals surface area contributed by atoms with E-state index in [1.807, 2.05) is 0 Å². The summed E-state index contributed by atoms with van der Waals surface area (Å²) in [5.41, 5.74) is 0. The second kappa shape index (κ2) is 7.23. The molecule has 0 aromatic carbocycles. The fourth-order valence-corrected chi connectivity index (χ4v) is 1.74. The second-order valence-corrected chi connectivity index (χ2v) is 5.53. The minimum absolute atomic E-state index is 0.00354. The van der Waals surface area contributed by atoms with Gasteiger partial charge in [-0.05, 0) is 18.8 Å². The summed E-state index contributed by atoms with van der Waals surface area (Å²) in [4.78, 5) is 35.6. The lowest BCUT2D eigenvalue weighted by molar-refractivity contribution is -0.141. The summed E-state index contributed by atoms with van der Waals surface area (Å²) in [6.45, 7) is 3.44. The standard InChI is InChI=1S/C13H23N3O4/c1-8(2)12(13(19)20)14-6-11(18)16(3)7-10(17)15-9-4-5-9/h8-9,12,14H,4-7H2,1-3H3,(H,15,17)(H,19,20). The lowest BCUT2D eigenvalue weighted by Crippen LogP contribution is -2.47. The number of hydrogen-bond acceptors (Lipinski definition) is 4. The molecular weight excluding hydrogens is 262 g/mol. The quantitative estimate of drug-likeness (QED) is 0.554. The minimum Gasteiger partial charge on any atom is -0.480 e. The summed E-state index contributed by atoms with van der Waals surface area (Å²) in [7, 11) is 1.53. The van der Waals surface area contributed by atoms with Gasteiger partial charge in [0.15, 0.2) is 0 Å². The fourth-order valence-electron chi connectivity index (χ4n) is 1.74. The highest BCUT2D eigenvalue weighted by Gasteiger charge is 2.25. The van der Waals surface area contributed by atoms with Crippen LogP contribution in [0.3, 0.4) is 0 Å². The van der Waals surface area contributed by atoms with E-state index in [1.165, 1.54) is 11.9 Å². The molecule has 0 saturated heterocycles. The highest BCUT2D eigenvalue weighted by atomic mass is 16.4. The number of carboxylic acid groups (broad SMARTS) is 1. The van der Waals surface area contributed by atoms with E-state index >= 15 is 0 Å². The highest BCUT2D eigenvalue weighted by Crippen LogP contribution is 2.18. The first-order chi connectivity index (χ1) is 9.31. The van der Waals surface area contributed by atoms with Gasteiger partial charge in [-0.1, -0.05) is 13.8 Å². The average Bonchev–Trinajstić information content (AvgIpc) is 3.11. The summed E-state index contributed by atoms with van der Waals surface area (Å²) in [6, 6.07) is -0.505. The van der Waals surface area contributed by atoms with Crippen molar-refractivity contribution in [3.8, 4) is 0 Å². The highest BCUT2D eigenvalue weighted by molar-refractivity contribution is 5.86. The Morgan fingerprint density at radius 3 is 2.35 bits per heavy atom. The fraction of sp³-hybridized carbons (Fsp3) is 0.769. The van der Waals surface area contributed by atoms with Crippen molar-refractivity contribution in [2.45, 2.75) is 38.8 Å².